The predicted octanol–water partition coefficient (Wildman–Crippen LogP) is 4.24. The number of rotatable bonds is 5. The Hall–Kier alpha value is -2.03. The Kier molecular flexibility index (Phi) is 4.61. The van der Waals surface area contributed by atoms with E-state index in [2.05, 4.69) is 38.2 Å². The van der Waals surface area contributed by atoms with Gasteiger partial charge in [-0.05, 0) is 50.1 Å². The first-order chi connectivity index (χ1) is 9.56. The third-order valence-electron chi connectivity index (χ3n) is 3.11. The van der Waals surface area contributed by atoms with Crippen molar-refractivity contribution in [3.05, 3.63) is 58.9 Å². The van der Waals surface area contributed by atoms with Gasteiger partial charge >= 0.3 is 0 Å². The summed E-state index contributed by atoms with van der Waals surface area (Å²) in [6.07, 6.45) is 0. The number of hydrogen-bond acceptors (Lipinski definition) is 2. The van der Waals surface area contributed by atoms with Crippen LogP contribution in [0.5, 0.6) is 5.75 Å². The Morgan fingerprint density at radius 3 is 2.40 bits per heavy atom. The zero-order chi connectivity index (χ0) is 14.5. The number of hydrogen-bond donors (Lipinski definition) is 1. The van der Waals surface area contributed by atoms with Crippen molar-refractivity contribution in [2.24, 2.45) is 0 Å². The number of halogens is 1. The molecule has 2 nitrogen and oxygen atoms in total. The monoisotopic (exact) mass is 273 g/mol. The molecule has 2 aromatic carbocycles. The molecule has 0 heterocycles. The van der Waals surface area contributed by atoms with Crippen molar-refractivity contribution in [1.82, 2.24) is 0 Å². The van der Waals surface area contributed by atoms with E-state index in [1.165, 1.54) is 17.7 Å². The van der Waals surface area contributed by atoms with Crippen LogP contribution in [0.1, 0.15) is 16.7 Å². The van der Waals surface area contributed by atoms with E-state index in [0.29, 0.717) is 13.2 Å². The highest BCUT2D eigenvalue weighted by Crippen LogP contribution is 2.24. The van der Waals surface area contributed by atoms with Gasteiger partial charge in [0.05, 0.1) is 0 Å². The highest BCUT2D eigenvalue weighted by atomic mass is 19.1. The van der Waals surface area contributed by atoms with Crippen LogP contribution in [0.2, 0.25) is 0 Å². The molecule has 0 aromatic heterocycles. The largest absolute Gasteiger partial charge is 0.491 e. The molecular weight excluding hydrogens is 253 g/mol. The molecule has 0 saturated heterocycles. The Bertz CT molecular complexity index is 572. The molecule has 2 rings (SSSR count). The van der Waals surface area contributed by atoms with E-state index in [-0.39, 0.29) is 5.82 Å². The van der Waals surface area contributed by atoms with Gasteiger partial charge in [-0.1, -0.05) is 23.8 Å². The van der Waals surface area contributed by atoms with Crippen LogP contribution in [0.15, 0.2) is 36.4 Å². The van der Waals surface area contributed by atoms with Crippen LogP contribution in [0, 0.1) is 26.6 Å². The third-order valence-corrected chi connectivity index (χ3v) is 3.11. The van der Waals surface area contributed by atoms with Crippen LogP contribution >= 0.6 is 0 Å². The lowest BCUT2D eigenvalue weighted by Crippen LogP contribution is -2.12. The van der Waals surface area contributed by atoms with Crippen molar-refractivity contribution in [1.29, 1.82) is 0 Å². The smallest absolute Gasteiger partial charge is 0.125 e. The second-order valence-corrected chi connectivity index (χ2v) is 5.01. The van der Waals surface area contributed by atoms with Crippen LogP contribution in [-0.2, 0) is 0 Å². The third kappa shape index (κ3) is 3.73. The molecule has 0 saturated carbocycles. The maximum Gasteiger partial charge on any atom is 0.125 e. The van der Waals surface area contributed by atoms with Crippen molar-refractivity contribution in [3.8, 4) is 5.75 Å². The fourth-order valence-electron chi connectivity index (χ4n) is 2.34. The van der Waals surface area contributed by atoms with E-state index in [1.807, 2.05) is 6.07 Å². The SMILES string of the molecule is Cc1cc(C)c(OCCNc2cccc(F)c2)c(C)c1. The Morgan fingerprint density at radius 1 is 1.05 bits per heavy atom. The molecule has 2 aromatic rings. The first-order valence-corrected chi connectivity index (χ1v) is 6.76. The maximum absolute atomic E-state index is 13.0. The quantitative estimate of drug-likeness (QED) is 0.823. The van der Waals surface area contributed by atoms with Gasteiger partial charge in [-0.25, -0.2) is 4.39 Å². The summed E-state index contributed by atoms with van der Waals surface area (Å²) in [5.74, 6) is 0.706. The van der Waals surface area contributed by atoms with E-state index < -0.39 is 0 Å². The lowest BCUT2D eigenvalue weighted by molar-refractivity contribution is 0.328. The van der Waals surface area contributed by atoms with Gasteiger partial charge in [-0.15, -0.1) is 0 Å². The zero-order valence-corrected chi connectivity index (χ0v) is 12.2. The topological polar surface area (TPSA) is 21.3 Å². The van der Waals surface area contributed by atoms with Gasteiger partial charge in [-0.2, -0.15) is 0 Å². The van der Waals surface area contributed by atoms with Gasteiger partial charge in [0.2, 0.25) is 0 Å². The summed E-state index contributed by atoms with van der Waals surface area (Å²) in [6, 6.07) is 10.7. The molecule has 20 heavy (non-hydrogen) atoms. The molecule has 0 unspecified atom stereocenters. The highest BCUT2D eigenvalue weighted by molar-refractivity contribution is 5.44. The molecule has 0 radical (unpaired) electrons. The molecule has 0 aliphatic carbocycles. The van der Waals surface area contributed by atoms with Crippen molar-refractivity contribution in [3.63, 3.8) is 0 Å². The molecule has 0 fully saturated rings. The van der Waals surface area contributed by atoms with E-state index in [9.17, 15) is 4.39 Å². The maximum atomic E-state index is 13.0. The van der Waals surface area contributed by atoms with Crippen molar-refractivity contribution in [2.45, 2.75) is 20.8 Å². The van der Waals surface area contributed by atoms with Crippen LogP contribution < -0.4 is 10.1 Å². The van der Waals surface area contributed by atoms with Gasteiger partial charge in [0.1, 0.15) is 18.2 Å². The standard InChI is InChI=1S/C17H20FNO/c1-12-9-13(2)17(14(3)10-12)20-8-7-19-16-6-4-5-15(18)11-16/h4-6,9-11,19H,7-8H2,1-3H3. The highest BCUT2D eigenvalue weighted by Gasteiger charge is 2.04. The predicted molar refractivity (Wildman–Crippen MR) is 81.0 cm³/mol. The van der Waals surface area contributed by atoms with Crippen molar-refractivity contribution >= 4 is 5.69 Å². The summed E-state index contributed by atoms with van der Waals surface area (Å²) in [5.41, 5.74) is 4.30. The van der Waals surface area contributed by atoms with Gasteiger partial charge in [0.15, 0.2) is 0 Å². The molecule has 0 atom stereocenters. The van der Waals surface area contributed by atoms with Gasteiger partial charge in [0, 0.05) is 12.2 Å². The second kappa shape index (κ2) is 6.42. The number of benzene rings is 2. The van der Waals surface area contributed by atoms with E-state index in [0.717, 1.165) is 22.6 Å². The lowest BCUT2D eigenvalue weighted by atomic mass is 10.1. The summed E-state index contributed by atoms with van der Waals surface area (Å²) < 4.78 is 18.8. The van der Waals surface area contributed by atoms with Gasteiger partial charge in [0.25, 0.3) is 0 Å². The van der Waals surface area contributed by atoms with Crippen LogP contribution in [0.25, 0.3) is 0 Å². The summed E-state index contributed by atoms with van der Waals surface area (Å²) >= 11 is 0. The summed E-state index contributed by atoms with van der Waals surface area (Å²) in [6.45, 7) is 7.36. The molecule has 0 spiro atoms. The number of ether oxygens (including phenoxy) is 1. The van der Waals surface area contributed by atoms with E-state index >= 15 is 0 Å². The average molecular weight is 273 g/mol. The first kappa shape index (κ1) is 14.4. The molecular formula is C17H20FNO. The second-order valence-electron chi connectivity index (χ2n) is 5.01. The first-order valence-electron chi connectivity index (χ1n) is 6.76. The van der Waals surface area contributed by atoms with Crippen LogP contribution in [0.4, 0.5) is 10.1 Å². The lowest BCUT2D eigenvalue weighted by Gasteiger charge is -2.14. The van der Waals surface area contributed by atoms with Crippen LogP contribution in [0.3, 0.4) is 0 Å². The number of nitrogens with one attached hydrogen (secondary N) is 1. The Labute approximate surface area is 119 Å². The molecule has 3 heteroatoms. The zero-order valence-electron chi connectivity index (χ0n) is 12.2. The Balaban J connectivity index is 1.88. The van der Waals surface area contributed by atoms with E-state index in [4.69, 9.17) is 4.74 Å². The minimum absolute atomic E-state index is 0.235. The molecule has 0 aliphatic heterocycles. The van der Waals surface area contributed by atoms with E-state index in [1.54, 1.807) is 6.07 Å². The normalized spacial score (nSPS) is 10.4. The van der Waals surface area contributed by atoms with Gasteiger partial charge < -0.3 is 10.1 Å². The molecule has 106 valence electrons. The van der Waals surface area contributed by atoms with Crippen molar-refractivity contribution < 1.29 is 9.13 Å². The molecule has 1 N–H and O–H groups in total. The molecule has 0 aliphatic rings. The Morgan fingerprint density at radius 2 is 1.75 bits per heavy atom. The van der Waals surface area contributed by atoms with Crippen LogP contribution in [-0.4, -0.2) is 13.2 Å². The minimum Gasteiger partial charge on any atom is -0.491 e. The minimum atomic E-state index is -0.235. The summed E-state index contributed by atoms with van der Waals surface area (Å²) in [4.78, 5) is 0. The fraction of sp³-hybridized carbons (Fsp3) is 0.294. The van der Waals surface area contributed by atoms with Gasteiger partial charge in [-0.3, -0.25) is 0 Å². The summed E-state index contributed by atoms with van der Waals surface area (Å²) in [5, 5.41) is 3.14. The fourth-order valence-corrected chi connectivity index (χ4v) is 2.34. The summed E-state index contributed by atoms with van der Waals surface area (Å²) in [7, 11) is 0. The molecule has 0 amide bonds. The number of aryl methyl sites for hydroxylation is 3. The van der Waals surface area contributed by atoms with Crippen molar-refractivity contribution in [2.75, 3.05) is 18.5 Å². The molecule has 0 bridgehead atoms. The average Bonchev–Trinajstić information content (AvgIpc) is 2.36. The number of anilines is 1.